The number of rotatable bonds is 7. The predicted molar refractivity (Wildman–Crippen MR) is 101 cm³/mol. The van der Waals surface area contributed by atoms with E-state index in [9.17, 15) is 14.4 Å². The number of carbonyl (C=O) groups is 3. The van der Waals surface area contributed by atoms with Crippen molar-refractivity contribution in [1.29, 1.82) is 0 Å². The molecule has 0 bridgehead atoms. The number of hydrogen-bond donors (Lipinski definition) is 2. The van der Waals surface area contributed by atoms with E-state index in [0.29, 0.717) is 18.7 Å². The smallest absolute Gasteiger partial charge is 0.246 e. The summed E-state index contributed by atoms with van der Waals surface area (Å²) in [6.45, 7) is 5.32. The number of benzene rings is 1. The molecule has 1 aromatic carbocycles. The molecule has 3 amide bonds. The van der Waals surface area contributed by atoms with Gasteiger partial charge in [0.25, 0.3) is 0 Å². The van der Waals surface area contributed by atoms with E-state index < -0.39 is 11.4 Å². The first-order chi connectivity index (χ1) is 12.4. The molecule has 1 fully saturated rings. The highest BCUT2D eigenvalue weighted by molar-refractivity contribution is 5.93. The highest BCUT2D eigenvalue weighted by atomic mass is 16.2. The SMILES string of the molecule is CNC(C)(CCC(=O)N1CCC(c2ccccc2C)CC1)C(=O)NC=O. The van der Waals surface area contributed by atoms with Crippen LogP contribution in [-0.4, -0.2) is 48.8 Å². The molecule has 1 aliphatic rings. The van der Waals surface area contributed by atoms with E-state index in [4.69, 9.17) is 0 Å². The van der Waals surface area contributed by atoms with E-state index in [0.717, 1.165) is 25.9 Å². The van der Waals surface area contributed by atoms with Crippen LogP contribution in [-0.2, 0) is 14.4 Å². The summed E-state index contributed by atoms with van der Waals surface area (Å²) in [7, 11) is 1.66. The van der Waals surface area contributed by atoms with Crippen molar-refractivity contribution in [2.24, 2.45) is 0 Å². The number of piperidine rings is 1. The van der Waals surface area contributed by atoms with Gasteiger partial charge in [0.2, 0.25) is 18.2 Å². The van der Waals surface area contributed by atoms with Gasteiger partial charge < -0.3 is 10.2 Å². The van der Waals surface area contributed by atoms with Gasteiger partial charge >= 0.3 is 0 Å². The molecule has 1 atom stereocenters. The summed E-state index contributed by atoms with van der Waals surface area (Å²) in [6.07, 6.45) is 2.92. The lowest BCUT2D eigenvalue weighted by Gasteiger charge is -2.34. The van der Waals surface area contributed by atoms with Crippen molar-refractivity contribution >= 4 is 18.2 Å². The van der Waals surface area contributed by atoms with Crippen molar-refractivity contribution in [3.05, 3.63) is 35.4 Å². The van der Waals surface area contributed by atoms with Crippen molar-refractivity contribution in [3.63, 3.8) is 0 Å². The second-order valence-corrected chi connectivity index (χ2v) is 7.19. The Kier molecular flexibility index (Phi) is 6.91. The Bertz CT molecular complexity index is 653. The maximum absolute atomic E-state index is 12.5. The van der Waals surface area contributed by atoms with Crippen LogP contribution in [0, 0.1) is 6.92 Å². The van der Waals surface area contributed by atoms with E-state index in [1.165, 1.54) is 11.1 Å². The third-order valence-electron chi connectivity index (χ3n) is 5.56. The summed E-state index contributed by atoms with van der Waals surface area (Å²) in [4.78, 5) is 36.9. The van der Waals surface area contributed by atoms with Crippen molar-refractivity contribution in [3.8, 4) is 0 Å². The molecule has 6 heteroatoms. The number of likely N-dealkylation sites (tertiary alicyclic amines) is 1. The van der Waals surface area contributed by atoms with Gasteiger partial charge in [0.1, 0.15) is 0 Å². The molecule has 0 spiro atoms. The monoisotopic (exact) mass is 359 g/mol. The molecule has 0 saturated carbocycles. The van der Waals surface area contributed by atoms with Crippen LogP contribution in [0.5, 0.6) is 0 Å². The van der Waals surface area contributed by atoms with Crippen molar-refractivity contribution in [2.75, 3.05) is 20.1 Å². The van der Waals surface area contributed by atoms with Crippen LogP contribution >= 0.6 is 0 Å². The Balaban J connectivity index is 1.87. The summed E-state index contributed by atoms with van der Waals surface area (Å²) in [5.74, 6) is 0.149. The number of likely N-dealkylation sites (N-methyl/N-ethyl adjacent to an activating group) is 1. The van der Waals surface area contributed by atoms with Crippen molar-refractivity contribution in [2.45, 2.75) is 51.0 Å². The normalized spacial score (nSPS) is 17.4. The molecule has 2 N–H and O–H groups in total. The summed E-state index contributed by atoms with van der Waals surface area (Å²) < 4.78 is 0. The van der Waals surface area contributed by atoms with Gasteiger partial charge in [-0.25, -0.2) is 0 Å². The fourth-order valence-electron chi connectivity index (χ4n) is 3.56. The summed E-state index contributed by atoms with van der Waals surface area (Å²) >= 11 is 0. The molecule has 0 radical (unpaired) electrons. The van der Waals surface area contributed by atoms with Crippen LogP contribution in [0.2, 0.25) is 0 Å². The van der Waals surface area contributed by atoms with E-state index in [2.05, 4.69) is 41.8 Å². The van der Waals surface area contributed by atoms with Crippen LogP contribution in [0.25, 0.3) is 0 Å². The fourth-order valence-corrected chi connectivity index (χ4v) is 3.56. The molecule has 1 unspecified atom stereocenters. The largest absolute Gasteiger partial charge is 0.343 e. The van der Waals surface area contributed by atoms with Gasteiger partial charge in [-0.05, 0) is 57.2 Å². The summed E-state index contributed by atoms with van der Waals surface area (Å²) in [5.41, 5.74) is 1.76. The number of imide groups is 1. The third-order valence-corrected chi connectivity index (χ3v) is 5.56. The van der Waals surface area contributed by atoms with Crippen molar-refractivity contribution < 1.29 is 14.4 Å². The minimum absolute atomic E-state index is 0.0635. The van der Waals surface area contributed by atoms with Gasteiger partial charge in [-0.15, -0.1) is 0 Å². The number of nitrogens with one attached hydrogen (secondary N) is 2. The molecule has 1 aromatic rings. The van der Waals surface area contributed by atoms with Gasteiger partial charge in [-0.3, -0.25) is 19.7 Å². The molecule has 2 rings (SSSR count). The minimum Gasteiger partial charge on any atom is -0.343 e. The number of aryl methyl sites for hydroxylation is 1. The standard InChI is InChI=1S/C20H29N3O3/c1-15-6-4-5-7-17(15)16-9-12-23(13-10-16)18(25)8-11-20(2,21-3)19(26)22-14-24/h4-7,14,16,21H,8-13H2,1-3H3,(H,22,24,26). The maximum Gasteiger partial charge on any atom is 0.246 e. The predicted octanol–water partition coefficient (Wildman–Crippen LogP) is 1.73. The van der Waals surface area contributed by atoms with E-state index in [-0.39, 0.29) is 12.3 Å². The zero-order valence-electron chi connectivity index (χ0n) is 15.9. The van der Waals surface area contributed by atoms with E-state index in [1.807, 2.05) is 4.90 Å². The Labute approximate surface area is 155 Å². The zero-order valence-corrected chi connectivity index (χ0v) is 15.9. The first-order valence-corrected chi connectivity index (χ1v) is 9.18. The second kappa shape index (κ2) is 8.94. The molecular formula is C20H29N3O3. The summed E-state index contributed by atoms with van der Waals surface area (Å²) in [5, 5.41) is 5.08. The average Bonchev–Trinajstić information content (AvgIpc) is 2.66. The van der Waals surface area contributed by atoms with E-state index in [1.54, 1.807) is 14.0 Å². The third kappa shape index (κ3) is 4.69. The lowest BCUT2D eigenvalue weighted by atomic mass is 9.86. The maximum atomic E-state index is 12.5. The average molecular weight is 359 g/mol. The van der Waals surface area contributed by atoms with Crippen LogP contribution in [0.15, 0.2) is 24.3 Å². The van der Waals surface area contributed by atoms with Gasteiger partial charge in [0.15, 0.2) is 0 Å². The zero-order chi connectivity index (χ0) is 19.2. The Morgan fingerprint density at radius 3 is 2.50 bits per heavy atom. The lowest BCUT2D eigenvalue weighted by Crippen LogP contribution is -2.53. The topological polar surface area (TPSA) is 78.5 Å². The molecule has 0 aliphatic carbocycles. The quantitative estimate of drug-likeness (QED) is 0.727. The Morgan fingerprint density at radius 1 is 1.27 bits per heavy atom. The number of amides is 3. The number of nitrogens with zero attached hydrogens (tertiary/aromatic N) is 1. The molecule has 1 aliphatic heterocycles. The van der Waals surface area contributed by atoms with Gasteiger partial charge in [-0.2, -0.15) is 0 Å². The van der Waals surface area contributed by atoms with Crippen LogP contribution < -0.4 is 10.6 Å². The van der Waals surface area contributed by atoms with E-state index >= 15 is 0 Å². The molecule has 0 aromatic heterocycles. The van der Waals surface area contributed by atoms with Crippen molar-refractivity contribution in [1.82, 2.24) is 15.5 Å². The summed E-state index contributed by atoms with van der Waals surface area (Å²) in [6, 6.07) is 8.44. The number of hydrogen-bond acceptors (Lipinski definition) is 4. The highest BCUT2D eigenvalue weighted by Crippen LogP contribution is 2.30. The molecule has 1 saturated heterocycles. The molecular weight excluding hydrogens is 330 g/mol. The highest BCUT2D eigenvalue weighted by Gasteiger charge is 2.33. The van der Waals surface area contributed by atoms with Crippen LogP contribution in [0.4, 0.5) is 0 Å². The fraction of sp³-hybridized carbons (Fsp3) is 0.550. The number of carbonyl (C=O) groups excluding carboxylic acids is 3. The first kappa shape index (κ1) is 20.1. The van der Waals surface area contributed by atoms with Gasteiger partial charge in [0, 0.05) is 19.5 Å². The Morgan fingerprint density at radius 2 is 1.92 bits per heavy atom. The lowest BCUT2D eigenvalue weighted by molar-refractivity contribution is -0.133. The Hall–Kier alpha value is -2.21. The van der Waals surface area contributed by atoms with Crippen LogP contribution in [0.3, 0.4) is 0 Å². The van der Waals surface area contributed by atoms with Gasteiger partial charge in [0.05, 0.1) is 5.54 Å². The van der Waals surface area contributed by atoms with Gasteiger partial charge in [-0.1, -0.05) is 24.3 Å². The molecule has 142 valence electrons. The molecule has 6 nitrogen and oxygen atoms in total. The van der Waals surface area contributed by atoms with Crippen LogP contribution in [0.1, 0.15) is 49.7 Å². The second-order valence-electron chi connectivity index (χ2n) is 7.19. The molecule has 1 heterocycles. The first-order valence-electron chi connectivity index (χ1n) is 9.18. The minimum atomic E-state index is -0.934. The molecule has 26 heavy (non-hydrogen) atoms.